The van der Waals surface area contributed by atoms with Crippen molar-refractivity contribution >= 4 is 11.8 Å². The highest BCUT2D eigenvalue weighted by Gasteiger charge is 2.39. The molecule has 8 heteroatoms. The number of carboxylic acid groups (broad SMARTS) is 1. The summed E-state index contributed by atoms with van der Waals surface area (Å²) < 4.78 is 32.8. The number of carbonyl (C=O) groups is 2. The van der Waals surface area contributed by atoms with Gasteiger partial charge in [0.05, 0.1) is 32.2 Å². The van der Waals surface area contributed by atoms with Crippen LogP contribution in [0.15, 0.2) is 0 Å². The molecule has 0 amide bonds. The Bertz CT molecular complexity index is 431. The van der Waals surface area contributed by atoms with E-state index in [4.69, 9.17) is 15.6 Å². The van der Waals surface area contributed by atoms with E-state index in [9.17, 15) is 18.0 Å². The molecule has 140 valence electrons. The molecule has 0 aromatic carbocycles. The summed E-state index contributed by atoms with van der Waals surface area (Å²) in [5.74, 6) is -1.69. The largest absolute Gasteiger partial charge is 0.542 e. The van der Waals surface area contributed by atoms with Crippen molar-refractivity contribution in [3.63, 3.8) is 0 Å². The number of quaternary nitrogens is 1. The zero-order valence-corrected chi connectivity index (χ0v) is 14.3. The lowest BCUT2D eigenvalue weighted by Crippen LogP contribution is -2.59. The Balaban J connectivity index is 0.000000351. The first-order chi connectivity index (χ1) is 11.0. The Morgan fingerprint density at radius 2 is 1.58 bits per heavy atom. The molecule has 3 saturated heterocycles. The first-order valence-corrected chi connectivity index (χ1v) is 8.39. The molecule has 1 atom stereocenters. The number of aliphatic carboxylic acids is 1. The van der Waals surface area contributed by atoms with Crippen LogP contribution in [0.1, 0.15) is 39.5 Å². The molecule has 3 heterocycles. The van der Waals surface area contributed by atoms with Gasteiger partial charge in [0.2, 0.25) is 0 Å². The molecule has 0 aromatic rings. The number of alkyl halides is 3. The molecule has 2 N–H and O–H groups in total. The van der Waals surface area contributed by atoms with Gasteiger partial charge in [0.15, 0.2) is 5.78 Å². The number of piperidine rings is 3. The average molecular weight is 352 g/mol. The zero-order valence-electron chi connectivity index (χ0n) is 14.3. The second kappa shape index (κ2) is 8.29. The zero-order chi connectivity index (χ0) is 18.5. The molecule has 0 saturated carbocycles. The van der Waals surface area contributed by atoms with Gasteiger partial charge in [0.1, 0.15) is 5.97 Å². The minimum Gasteiger partial charge on any atom is -0.542 e. The molecular weight excluding hydrogens is 325 g/mol. The van der Waals surface area contributed by atoms with E-state index in [1.807, 2.05) is 13.8 Å². The van der Waals surface area contributed by atoms with E-state index >= 15 is 0 Å². The van der Waals surface area contributed by atoms with Gasteiger partial charge < -0.3 is 20.1 Å². The maximum Gasteiger partial charge on any atom is 0.430 e. The molecule has 1 unspecified atom stereocenters. The van der Waals surface area contributed by atoms with E-state index in [0.29, 0.717) is 0 Å². The second-order valence-electron chi connectivity index (χ2n) is 7.21. The van der Waals surface area contributed by atoms with E-state index in [0.717, 1.165) is 18.9 Å². The third-order valence-corrected chi connectivity index (χ3v) is 5.12. The monoisotopic (exact) mass is 352 g/mol. The number of rotatable bonds is 5. The lowest BCUT2D eigenvalue weighted by molar-refractivity contribution is -0.942. The molecule has 24 heavy (non-hydrogen) atoms. The van der Waals surface area contributed by atoms with Crippen LogP contribution >= 0.6 is 0 Å². The van der Waals surface area contributed by atoms with Crippen LogP contribution in [0.2, 0.25) is 0 Å². The Morgan fingerprint density at radius 1 is 1.17 bits per heavy atom. The van der Waals surface area contributed by atoms with Gasteiger partial charge >= 0.3 is 6.18 Å². The molecule has 3 fully saturated rings. The van der Waals surface area contributed by atoms with Crippen molar-refractivity contribution in [1.29, 1.82) is 0 Å². The third kappa shape index (κ3) is 6.05. The van der Waals surface area contributed by atoms with Crippen LogP contribution in [0, 0.1) is 11.8 Å². The van der Waals surface area contributed by atoms with Gasteiger partial charge in [-0.2, -0.15) is 13.2 Å². The number of nitrogens with zero attached hydrogens (tertiary/aromatic N) is 1. The topological polar surface area (TPSA) is 83.2 Å². The number of Topliss-reactive ketones (excluding diaryl/α,β-unsaturated/α-hetero) is 1. The number of carboxylic acids is 1. The normalized spacial score (nSPS) is 27.4. The standard InChI is InChI=1S/C14H27N2O.C2HF3O2/c1-11(2)14(17)13(15)6-10-16-7-3-12(4-8-16)5-9-16;3-2(4,5)1(6)7/h11-13H,3-10,15H2,1-2H3;(H,6,7)/q+1;/p-1. The fourth-order valence-electron chi connectivity index (χ4n) is 3.46. The number of carbonyl (C=O) groups excluding carboxylic acids is 2. The molecule has 0 radical (unpaired) electrons. The van der Waals surface area contributed by atoms with Crippen LogP contribution in [-0.4, -0.2) is 54.6 Å². The number of halogens is 3. The highest BCUT2D eigenvalue weighted by atomic mass is 19.4. The molecule has 2 bridgehead atoms. The Morgan fingerprint density at radius 3 is 1.92 bits per heavy atom. The predicted molar refractivity (Wildman–Crippen MR) is 80.6 cm³/mol. The van der Waals surface area contributed by atoms with E-state index in [-0.39, 0.29) is 17.7 Å². The lowest BCUT2D eigenvalue weighted by atomic mass is 9.85. The molecule has 3 rings (SSSR count). The van der Waals surface area contributed by atoms with Crippen LogP contribution in [0.25, 0.3) is 0 Å². The molecule has 0 aromatic heterocycles. The Labute approximate surface area is 140 Å². The maximum atomic E-state index is 11.8. The molecule has 3 aliphatic heterocycles. The summed E-state index contributed by atoms with van der Waals surface area (Å²) in [5.41, 5.74) is 6.00. The first kappa shape index (κ1) is 20.9. The number of hydrogen-bond donors (Lipinski definition) is 1. The SMILES string of the molecule is CC(C)C(=O)C(N)CC[N+]12CCC(CC1)CC2.O=C([O-])C(F)(F)F. The highest BCUT2D eigenvalue weighted by Crippen LogP contribution is 2.33. The molecular formula is C16H27F3N2O3. The first-order valence-electron chi connectivity index (χ1n) is 8.39. The highest BCUT2D eigenvalue weighted by molar-refractivity contribution is 5.85. The number of hydrogen-bond acceptors (Lipinski definition) is 4. The Hall–Kier alpha value is -1.15. The van der Waals surface area contributed by atoms with Gasteiger partial charge in [-0.1, -0.05) is 13.8 Å². The summed E-state index contributed by atoms with van der Waals surface area (Å²) in [6, 6.07) is -0.234. The minimum absolute atomic E-state index is 0.0806. The third-order valence-electron chi connectivity index (χ3n) is 5.12. The van der Waals surface area contributed by atoms with Crippen LogP contribution < -0.4 is 10.8 Å². The summed E-state index contributed by atoms with van der Waals surface area (Å²) in [6.07, 6.45) is -0.129. The lowest BCUT2D eigenvalue weighted by Gasteiger charge is -2.49. The maximum absolute atomic E-state index is 11.8. The van der Waals surface area contributed by atoms with Crippen molar-refractivity contribution < 1.29 is 32.3 Å². The van der Waals surface area contributed by atoms with Gasteiger partial charge in [0, 0.05) is 12.3 Å². The van der Waals surface area contributed by atoms with Crippen molar-refractivity contribution in [2.75, 3.05) is 26.2 Å². The van der Waals surface area contributed by atoms with Gasteiger partial charge in [0.25, 0.3) is 0 Å². The second-order valence-corrected chi connectivity index (χ2v) is 7.21. The van der Waals surface area contributed by atoms with E-state index in [2.05, 4.69) is 0 Å². The number of nitrogens with two attached hydrogens (primary N) is 1. The van der Waals surface area contributed by atoms with Crippen LogP contribution in [0.3, 0.4) is 0 Å². The van der Waals surface area contributed by atoms with E-state index < -0.39 is 12.1 Å². The fraction of sp³-hybridized carbons (Fsp3) is 0.875. The van der Waals surface area contributed by atoms with Gasteiger partial charge in [-0.05, 0) is 25.2 Å². The van der Waals surface area contributed by atoms with Gasteiger partial charge in [-0.15, -0.1) is 0 Å². The van der Waals surface area contributed by atoms with Crippen LogP contribution in [0.5, 0.6) is 0 Å². The van der Waals surface area contributed by atoms with E-state index in [1.165, 1.54) is 43.4 Å². The van der Waals surface area contributed by atoms with E-state index in [1.54, 1.807) is 0 Å². The van der Waals surface area contributed by atoms with Crippen molar-refractivity contribution in [3.05, 3.63) is 0 Å². The smallest absolute Gasteiger partial charge is 0.430 e. The van der Waals surface area contributed by atoms with Crippen LogP contribution in [0.4, 0.5) is 13.2 Å². The summed E-state index contributed by atoms with van der Waals surface area (Å²) in [6.45, 7) is 8.99. The van der Waals surface area contributed by atoms with Gasteiger partial charge in [-0.3, -0.25) is 4.79 Å². The number of ketones is 1. The predicted octanol–water partition coefficient (Wildman–Crippen LogP) is 0.858. The van der Waals surface area contributed by atoms with Gasteiger partial charge in [-0.25, -0.2) is 0 Å². The Kier molecular flexibility index (Phi) is 7.22. The fourth-order valence-corrected chi connectivity index (χ4v) is 3.46. The minimum atomic E-state index is -5.19. The molecule has 3 aliphatic rings. The molecule has 0 aliphatic carbocycles. The summed E-state index contributed by atoms with van der Waals surface area (Å²) >= 11 is 0. The van der Waals surface area contributed by atoms with Crippen molar-refractivity contribution in [2.24, 2.45) is 17.6 Å². The summed E-state index contributed by atoms with van der Waals surface area (Å²) in [5, 5.41) is 8.78. The number of fused-ring (bicyclic) bond motifs is 3. The quantitative estimate of drug-likeness (QED) is 0.744. The van der Waals surface area contributed by atoms with Crippen LogP contribution in [-0.2, 0) is 9.59 Å². The molecule has 0 spiro atoms. The van der Waals surface area contributed by atoms with Crippen molar-refractivity contribution in [3.8, 4) is 0 Å². The average Bonchev–Trinajstić information content (AvgIpc) is 2.53. The summed E-state index contributed by atoms with van der Waals surface area (Å²) in [4.78, 5) is 20.6. The van der Waals surface area contributed by atoms with Crippen molar-refractivity contribution in [1.82, 2.24) is 0 Å². The molecule has 5 nitrogen and oxygen atoms in total. The van der Waals surface area contributed by atoms with Crippen molar-refractivity contribution in [2.45, 2.75) is 51.7 Å². The summed E-state index contributed by atoms with van der Waals surface area (Å²) in [7, 11) is 0.